The molecule has 7 unspecified atom stereocenters. The molecule has 0 radical (unpaired) electrons. The van der Waals surface area contributed by atoms with E-state index in [0.717, 1.165) is 5.01 Å². The lowest BCUT2D eigenvalue weighted by molar-refractivity contribution is -0.147. The van der Waals surface area contributed by atoms with E-state index in [-0.39, 0.29) is 36.4 Å². The molecule has 0 bridgehead atoms. The zero-order chi connectivity index (χ0) is 24.6. The smallest absolute Gasteiger partial charge is 0.370 e. The van der Waals surface area contributed by atoms with E-state index in [2.05, 4.69) is 15.4 Å². The minimum atomic E-state index is -4.39. The van der Waals surface area contributed by atoms with Crippen LogP contribution in [0.4, 0.5) is 22.0 Å². The number of piperidine rings is 1. The molecule has 8 atom stereocenters. The first-order chi connectivity index (χ1) is 16.1. The summed E-state index contributed by atoms with van der Waals surface area (Å²) in [7, 11) is 1.47. The van der Waals surface area contributed by atoms with Crippen LogP contribution in [0.2, 0.25) is 0 Å². The minimum Gasteiger partial charge on any atom is -0.370 e. The SMILES string of the molecule is CO[C@H]1C2NC(C3C=NCC(OCC(F)F)C3)CC(C)C2C(=O)N1C1C=NN(CC(F)(F)F)C1. The molecule has 0 aromatic rings. The van der Waals surface area contributed by atoms with Gasteiger partial charge in [-0.1, -0.05) is 6.92 Å². The van der Waals surface area contributed by atoms with Crippen molar-refractivity contribution in [1.29, 1.82) is 0 Å². The van der Waals surface area contributed by atoms with Crippen LogP contribution in [0.3, 0.4) is 0 Å². The highest BCUT2D eigenvalue weighted by Gasteiger charge is 2.56. The monoisotopic (exact) mass is 495 g/mol. The number of amides is 1. The third-order valence-electron chi connectivity index (χ3n) is 7.03. The van der Waals surface area contributed by atoms with Gasteiger partial charge in [0.25, 0.3) is 6.43 Å². The third-order valence-corrected chi connectivity index (χ3v) is 7.03. The van der Waals surface area contributed by atoms with Gasteiger partial charge < -0.3 is 19.7 Å². The molecule has 2 fully saturated rings. The van der Waals surface area contributed by atoms with Gasteiger partial charge >= 0.3 is 6.18 Å². The summed E-state index contributed by atoms with van der Waals surface area (Å²) in [4.78, 5) is 19.2. The minimum absolute atomic E-state index is 0.0215. The number of fused-ring (bicyclic) bond motifs is 1. The van der Waals surface area contributed by atoms with Crippen LogP contribution in [0, 0.1) is 17.8 Å². The summed E-state index contributed by atoms with van der Waals surface area (Å²) >= 11 is 0. The molecule has 0 spiro atoms. The van der Waals surface area contributed by atoms with Gasteiger partial charge in [-0.25, -0.2) is 8.78 Å². The fourth-order valence-electron chi connectivity index (χ4n) is 5.66. The molecule has 8 nitrogen and oxygen atoms in total. The molecule has 2 saturated heterocycles. The lowest BCUT2D eigenvalue weighted by Crippen LogP contribution is -2.58. The van der Waals surface area contributed by atoms with Crippen LogP contribution in [0.1, 0.15) is 19.8 Å². The van der Waals surface area contributed by atoms with Crippen molar-refractivity contribution in [3.05, 3.63) is 0 Å². The van der Waals surface area contributed by atoms with Crippen LogP contribution in [0.25, 0.3) is 0 Å². The highest BCUT2D eigenvalue weighted by atomic mass is 19.4. The van der Waals surface area contributed by atoms with Crippen molar-refractivity contribution in [2.45, 2.75) is 62.8 Å². The molecule has 192 valence electrons. The first-order valence-corrected chi connectivity index (χ1v) is 11.4. The Kier molecular flexibility index (Phi) is 7.44. The van der Waals surface area contributed by atoms with Crippen molar-refractivity contribution in [3.63, 3.8) is 0 Å². The average molecular weight is 495 g/mol. The van der Waals surface area contributed by atoms with E-state index >= 15 is 0 Å². The number of carbonyl (C=O) groups is 1. The number of likely N-dealkylation sites (tertiary alicyclic amines) is 1. The lowest BCUT2D eigenvalue weighted by Gasteiger charge is -2.42. The van der Waals surface area contributed by atoms with E-state index in [1.54, 1.807) is 0 Å². The summed E-state index contributed by atoms with van der Waals surface area (Å²) in [6.07, 6.45) is -3.61. The molecular formula is C21H30F5N5O3. The van der Waals surface area contributed by atoms with E-state index in [4.69, 9.17) is 9.47 Å². The van der Waals surface area contributed by atoms with Gasteiger partial charge in [-0.2, -0.15) is 18.3 Å². The van der Waals surface area contributed by atoms with E-state index in [9.17, 15) is 26.7 Å². The predicted molar refractivity (Wildman–Crippen MR) is 113 cm³/mol. The van der Waals surface area contributed by atoms with Crippen molar-refractivity contribution in [2.75, 3.05) is 33.4 Å². The summed E-state index contributed by atoms with van der Waals surface area (Å²) in [5.74, 6) is -0.641. The van der Waals surface area contributed by atoms with Crippen molar-refractivity contribution in [1.82, 2.24) is 15.2 Å². The number of nitrogens with one attached hydrogen (secondary N) is 1. The Balaban J connectivity index is 1.44. The van der Waals surface area contributed by atoms with Crippen molar-refractivity contribution < 1.29 is 36.2 Å². The average Bonchev–Trinajstić information content (AvgIpc) is 3.32. The van der Waals surface area contributed by atoms with E-state index in [1.165, 1.54) is 18.2 Å². The Morgan fingerprint density at radius 1 is 1.26 bits per heavy atom. The standard InChI is InChI=1S/C21H30F5N5O3/c1-11-3-15(12-4-14(7-27-5-12)34-9-16(22)23)29-18-17(11)19(32)31(20(18)33-2)13-6-28-30(8-13)10-21(24,25)26/h5-6,11-18,20,29H,3-4,7-10H2,1-2H3/t11?,12?,13?,14?,15?,17?,18?,20-/m0/s1. The summed E-state index contributed by atoms with van der Waals surface area (Å²) in [5, 5.41) is 8.27. The number of alkyl halides is 5. The molecule has 1 amide bonds. The Hall–Kier alpha value is -1.86. The van der Waals surface area contributed by atoms with Crippen LogP contribution in [0.15, 0.2) is 10.1 Å². The number of nitrogens with zero attached hydrogens (tertiary/aromatic N) is 4. The van der Waals surface area contributed by atoms with Gasteiger partial charge in [0.15, 0.2) is 0 Å². The van der Waals surface area contributed by atoms with Crippen LogP contribution in [-0.2, 0) is 14.3 Å². The fourth-order valence-corrected chi connectivity index (χ4v) is 5.66. The first kappa shape index (κ1) is 25.2. The van der Waals surface area contributed by atoms with Crippen LogP contribution < -0.4 is 5.32 Å². The number of ether oxygens (including phenoxy) is 2. The number of rotatable bonds is 7. The number of carbonyl (C=O) groups excluding carboxylic acids is 1. The molecule has 4 aliphatic rings. The highest BCUT2D eigenvalue weighted by molar-refractivity contribution is 5.87. The van der Waals surface area contributed by atoms with Gasteiger partial charge in [-0.15, -0.1) is 0 Å². The number of halogens is 5. The molecule has 0 aromatic carbocycles. The van der Waals surface area contributed by atoms with Gasteiger partial charge in [0.1, 0.15) is 19.4 Å². The van der Waals surface area contributed by atoms with Gasteiger partial charge in [-0.3, -0.25) is 14.8 Å². The Bertz CT molecular complexity index is 797. The molecule has 4 heterocycles. The Morgan fingerprint density at radius 2 is 2.03 bits per heavy atom. The number of hydrogen-bond donors (Lipinski definition) is 1. The van der Waals surface area contributed by atoms with Gasteiger partial charge in [0, 0.05) is 31.5 Å². The second-order valence-corrected chi connectivity index (χ2v) is 9.46. The largest absolute Gasteiger partial charge is 0.407 e. The molecule has 4 aliphatic heterocycles. The molecule has 1 N–H and O–H groups in total. The zero-order valence-electron chi connectivity index (χ0n) is 19.0. The van der Waals surface area contributed by atoms with Crippen molar-refractivity contribution in [2.24, 2.45) is 27.8 Å². The number of methoxy groups -OCH3 is 1. The maximum absolute atomic E-state index is 13.4. The van der Waals surface area contributed by atoms with Crippen molar-refractivity contribution in [3.8, 4) is 0 Å². The predicted octanol–water partition coefficient (Wildman–Crippen LogP) is 1.76. The van der Waals surface area contributed by atoms with Crippen LogP contribution in [0.5, 0.6) is 0 Å². The summed E-state index contributed by atoms with van der Waals surface area (Å²) < 4.78 is 74.4. The second-order valence-electron chi connectivity index (χ2n) is 9.46. The van der Waals surface area contributed by atoms with Gasteiger partial charge in [0.05, 0.1) is 37.2 Å². The third kappa shape index (κ3) is 5.35. The molecule has 0 aliphatic carbocycles. The van der Waals surface area contributed by atoms with Crippen molar-refractivity contribution >= 4 is 18.3 Å². The maximum atomic E-state index is 13.4. The van der Waals surface area contributed by atoms with Gasteiger partial charge in [-0.05, 0) is 18.8 Å². The second kappa shape index (κ2) is 10.0. The zero-order valence-corrected chi connectivity index (χ0v) is 19.0. The lowest BCUT2D eigenvalue weighted by atomic mass is 9.75. The summed E-state index contributed by atoms with van der Waals surface area (Å²) in [6, 6.07) is -1.06. The van der Waals surface area contributed by atoms with E-state index in [0.29, 0.717) is 19.4 Å². The molecule has 0 aromatic heterocycles. The maximum Gasteiger partial charge on any atom is 0.407 e. The number of hydrazone groups is 1. The topological polar surface area (TPSA) is 78.8 Å². The normalized spacial score (nSPS) is 38.3. The Labute approximate surface area is 194 Å². The van der Waals surface area contributed by atoms with Gasteiger partial charge in [0.2, 0.25) is 5.91 Å². The Morgan fingerprint density at radius 3 is 2.71 bits per heavy atom. The van der Waals surface area contributed by atoms with Crippen LogP contribution in [-0.4, -0.2) is 105 Å². The van der Waals surface area contributed by atoms with Crippen LogP contribution >= 0.6 is 0 Å². The van der Waals surface area contributed by atoms with E-state index < -0.39 is 50.0 Å². The summed E-state index contributed by atoms with van der Waals surface area (Å²) in [5.41, 5.74) is 0. The first-order valence-electron chi connectivity index (χ1n) is 11.4. The quantitative estimate of drug-likeness (QED) is 0.545. The molecule has 0 saturated carbocycles. The highest BCUT2D eigenvalue weighted by Crippen LogP contribution is 2.40. The fraction of sp³-hybridized carbons (Fsp3) is 0.857. The van der Waals surface area contributed by atoms with E-state index in [1.807, 2.05) is 13.1 Å². The molecule has 34 heavy (non-hydrogen) atoms. The summed E-state index contributed by atoms with van der Waals surface area (Å²) in [6.45, 7) is 0.443. The number of hydrogen-bond acceptors (Lipinski definition) is 7. The molecule has 13 heteroatoms. The molecule has 4 rings (SSSR count). The number of aliphatic imine (C=N–C) groups is 1. The molecular weight excluding hydrogens is 465 g/mol.